The second-order valence-electron chi connectivity index (χ2n) is 4.41. The van der Waals surface area contributed by atoms with Crippen LogP contribution in [0, 0.1) is 13.8 Å². The fourth-order valence-electron chi connectivity index (χ4n) is 2.13. The third kappa shape index (κ3) is 2.42. The smallest absolute Gasteiger partial charge is 0.123 e. The number of hydrogen-bond donors (Lipinski definition) is 1. The Labute approximate surface area is 102 Å². The van der Waals surface area contributed by atoms with E-state index in [1.807, 2.05) is 31.8 Å². The van der Waals surface area contributed by atoms with Crippen molar-refractivity contribution in [2.45, 2.75) is 26.3 Å². The third-order valence-electron chi connectivity index (χ3n) is 3.08. The molecule has 0 aliphatic carbocycles. The number of rotatable bonds is 4. The summed E-state index contributed by atoms with van der Waals surface area (Å²) in [6, 6.07) is 4.30. The zero-order chi connectivity index (χ0) is 12.4. The zero-order valence-corrected chi connectivity index (χ0v) is 10.8. The normalized spacial score (nSPS) is 12.9. The van der Waals surface area contributed by atoms with E-state index < -0.39 is 0 Å². The fourth-order valence-corrected chi connectivity index (χ4v) is 2.13. The van der Waals surface area contributed by atoms with Crippen LogP contribution >= 0.6 is 0 Å². The summed E-state index contributed by atoms with van der Waals surface area (Å²) in [5.74, 6) is 1.01. The Hall–Kier alpha value is -1.55. The lowest BCUT2D eigenvalue weighted by atomic mass is 10.1. The number of aryl methyl sites for hydroxylation is 3. The molecule has 4 heteroatoms. The fraction of sp³-hybridized carbons (Fsp3) is 0.462. The quantitative estimate of drug-likeness (QED) is 0.879. The first-order chi connectivity index (χ1) is 8.11. The Bertz CT molecular complexity index is 498. The molecule has 2 heterocycles. The highest BCUT2D eigenvalue weighted by molar-refractivity contribution is 5.21. The van der Waals surface area contributed by atoms with Crippen molar-refractivity contribution >= 4 is 0 Å². The molecular weight excluding hydrogens is 214 g/mol. The number of nitrogens with zero attached hydrogens (tertiary/aromatic N) is 2. The van der Waals surface area contributed by atoms with E-state index in [4.69, 9.17) is 4.42 Å². The molecule has 0 saturated carbocycles. The summed E-state index contributed by atoms with van der Waals surface area (Å²) in [4.78, 5) is 0. The molecule has 0 aliphatic heterocycles. The average molecular weight is 233 g/mol. The lowest BCUT2D eigenvalue weighted by Gasteiger charge is -2.14. The van der Waals surface area contributed by atoms with Crippen molar-refractivity contribution in [1.82, 2.24) is 15.1 Å². The molecule has 2 rings (SSSR count). The van der Waals surface area contributed by atoms with Crippen LogP contribution in [0.3, 0.4) is 0 Å². The van der Waals surface area contributed by atoms with E-state index in [1.54, 1.807) is 6.26 Å². The Morgan fingerprint density at radius 1 is 1.47 bits per heavy atom. The first-order valence-electron chi connectivity index (χ1n) is 5.82. The molecule has 1 N–H and O–H groups in total. The summed E-state index contributed by atoms with van der Waals surface area (Å²) < 4.78 is 7.47. The Morgan fingerprint density at radius 2 is 2.24 bits per heavy atom. The molecule has 92 valence electrons. The predicted octanol–water partition coefficient (Wildman–Crippen LogP) is 2.13. The van der Waals surface area contributed by atoms with Crippen LogP contribution in [0.1, 0.15) is 28.8 Å². The van der Waals surface area contributed by atoms with Crippen molar-refractivity contribution in [2.24, 2.45) is 7.05 Å². The highest BCUT2D eigenvalue weighted by atomic mass is 16.3. The van der Waals surface area contributed by atoms with Crippen molar-refractivity contribution in [1.29, 1.82) is 0 Å². The zero-order valence-electron chi connectivity index (χ0n) is 10.8. The summed E-state index contributed by atoms with van der Waals surface area (Å²) in [7, 11) is 3.93. The number of furan rings is 1. The first-order valence-corrected chi connectivity index (χ1v) is 5.82. The number of aromatic nitrogens is 2. The summed E-state index contributed by atoms with van der Waals surface area (Å²) >= 11 is 0. The standard InChI is InChI=1S/C13H19N3O/c1-9-5-6-17-13(9)12(14-3)8-11-7-10(2)15-16(11)4/h5-7,12,14H,8H2,1-4H3. The van der Waals surface area contributed by atoms with Crippen LogP contribution in [0.25, 0.3) is 0 Å². The Morgan fingerprint density at radius 3 is 2.71 bits per heavy atom. The molecular formula is C13H19N3O. The van der Waals surface area contributed by atoms with Gasteiger partial charge in [0.25, 0.3) is 0 Å². The first kappa shape index (κ1) is 11.9. The average Bonchev–Trinajstić information content (AvgIpc) is 2.82. The summed E-state index contributed by atoms with van der Waals surface area (Å²) in [6.07, 6.45) is 2.62. The van der Waals surface area contributed by atoms with E-state index in [2.05, 4.69) is 23.4 Å². The highest BCUT2D eigenvalue weighted by Crippen LogP contribution is 2.22. The number of likely N-dealkylation sites (N-methyl/N-ethyl adjacent to an activating group) is 1. The molecule has 0 spiro atoms. The van der Waals surface area contributed by atoms with Crippen LogP contribution in [0.15, 0.2) is 22.8 Å². The summed E-state index contributed by atoms with van der Waals surface area (Å²) in [5, 5.41) is 7.66. The van der Waals surface area contributed by atoms with Gasteiger partial charge in [-0.05, 0) is 38.6 Å². The summed E-state index contributed by atoms with van der Waals surface area (Å²) in [5.41, 5.74) is 3.44. The maximum Gasteiger partial charge on any atom is 0.123 e. The number of nitrogens with one attached hydrogen (secondary N) is 1. The van der Waals surface area contributed by atoms with Gasteiger partial charge in [0, 0.05) is 19.2 Å². The minimum atomic E-state index is 0.194. The monoisotopic (exact) mass is 233 g/mol. The third-order valence-corrected chi connectivity index (χ3v) is 3.08. The van der Waals surface area contributed by atoms with Crippen LogP contribution in [0.2, 0.25) is 0 Å². The van der Waals surface area contributed by atoms with Gasteiger partial charge in [-0.2, -0.15) is 5.10 Å². The predicted molar refractivity (Wildman–Crippen MR) is 66.9 cm³/mol. The molecule has 1 atom stereocenters. The van der Waals surface area contributed by atoms with Gasteiger partial charge in [0.05, 0.1) is 18.0 Å². The lowest BCUT2D eigenvalue weighted by molar-refractivity contribution is 0.420. The highest BCUT2D eigenvalue weighted by Gasteiger charge is 2.17. The maximum atomic E-state index is 5.54. The molecule has 0 aliphatic rings. The van der Waals surface area contributed by atoms with Gasteiger partial charge in [0.2, 0.25) is 0 Å². The maximum absolute atomic E-state index is 5.54. The minimum Gasteiger partial charge on any atom is -0.467 e. The molecule has 0 fully saturated rings. The van der Waals surface area contributed by atoms with Gasteiger partial charge < -0.3 is 9.73 Å². The second-order valence-corrected chi connectivity index (χ2v) is 4.41. The molecule has 4 nitrogen and oxygen atoms in total. The molecule has 0 saturated heterocycles. The van der Waals surface area contributed by atoms with Crippen molar-refractivity contribution in [2.75, 3.05) is 7.05 Å². The SMILES string of the molecule is CNC(Cc1cc(C)nn1C)c1occc1C. The molecule has 0 aromatic carbocycles. The molecule has 0 amide bonds. The van der Waals surface area contributed by atoms with E-state index in [1.165, 1.54) is 11.3 Å². The van der Waals surface area contributed by atoms with Crippen LogP contribution in [0.4, 0.5) is 0 Å². The van der Waals surface area contributed by atoms with Gasteiger partial charge in [0.1, 0.15) is 5.76 Å². The molecule has 17 heavy (non-hydrogen) atoms. The van der Waals surface area contributed by atoms with Gasteiger partial charge in [0.15, 0.2) is 0 Å². The van der Waals surface area contributed by atoms with E-state index in [0.29, 0.717) is 0 Å². The summed E-state index contributed by atoms with van der Waals surface area (Å²) in [6.45, 7) is 4.08. The van der Waals surface area contributed by atoms with Crippen LogP contribution in [0.5, 0.6) is 0 Å². The molecule has 1 unspecified atom stereocenters. The topological polar surface area (TPSA) is 43.0 Å². The second kappa shape index (κ2) is 4.75. The molecule has 2 aromatic rings. The van der Waals surface area contributed by atoms with E-state index in [9.17, 15) is 0 Å². The van der Waals surface area contributed by atoms with Crippen LogP contribution < -0.4 is 5.32 Å². The lowest BCUT2D eigenvalue weighted by Crippen LogP contribution is -2.20. The van der Waals surface area contributed by atoms with Gasteiger partial charge in [-0.15, -0.1) is 0 Å². The van der Waals surface area contributed by atoms with Gasteiger partial charge in [-0.1, -0.05) is 0 Å². The molecule has 2 aromatic heterocycles. The van der Waals surface area contributed by atoms with Gasteiger partial charge in [-0.25, -0.2) is 0 Å². The Kier molecular flexibility index (Phi) is 3.33. The van der Waals surface area contributed by atoms with E-state index >= 15 is 0 Å². The van der Waals surface area contributed by atoms with Gasteiger partial charge >= 0.3 is 0 Å². The van der Waals surface area contributed by atoms with E-state index in [-0.39, 0.29) is 6.04 Å². The van der Waals surface area contributed by atoms with Crippen molar-refractivity contribution < 1.29 is 4.42 Å². The largest absolute Gasteiger partial charge is 0.467 e. The number of hydrogen-bond acceptors (Lipinski definition) is 3. The Balaban J connectivity index is 2.21. The minimum absolute atomic E-state index is 0.194. The molecule has 0 bridgehead atoms. The molecule has 0 radical (unpaired) electrons. The van der Waals surface area contributed by atoms with Gasteiger partial charge in [-0.3, -0.25) is 4.68 Å². The van der Waals surface area contributed by atoms with Crippen LogP contribution in [-0.4, -0.2) is 16.8 Å². The van der Waals surface area contributed by atoms with Crippen LogP contribution in [-0.2, 0) is 13.5 Å². The van der Waals surface area contributed by atoms with Crippen molar-refractivity contribution in [3.8, 4) is 0 Å². The van der Waals surface area contributed by atoms with Crippen molar-refractivity contribution in [3.05, 3.63) is 41.1 Å². The van der Waals surface area contributed by atoms with E-state index in [0.717, 1.165) is 17.9 Å². The van der Waals surface area contributed by atoms with Crippen molar-refractivity contribution in [3.63, 3.8) is 0 Å².